The minimum absolute atomic E-state index is 0.101. The molecule has 2 aromatic rings. The zero-order valence-corrected chi connectivity index (χ0v) is 9.67. The average Bonchev–Trinajstić information content (AvgIpc) is 2.71. The first-order chi connectivity index (χ1) is 7.18. The van der Waals surface area contributed by atoms with Gasteiger partial charge in [-0.2, -0.15) is 0 Å². The Morgan fingerprint density at radius 2 is 2.13 bits per heavy atom. The molecule has 0 bridgehead atoms. The lowest BCUT2D eigenvalue weighted by Crippen LogP contribution is -1.91. The van der Waals surface area contributed by atoms with Crippen molar-refractivity contribution < 1.29 is 9.34 Å². The van der Waals surface area contributed by atoms with Crippen molar-refractivity contribution in [2.24, 2.45) is 0 Å². The number of nitro benzene ring substituents is 1. The highest BCUT2D eigenvalue weighted by atomic mass is 127. The van der Waals surface area contributed by atoms with E-state index in [1.54, 1.807) is 30.5 Å². The number of hydrogen-bond acceptors (Lipinski definition) is 3. The summed E-state index contributed by atoms with van der Waals surface area (Å²) in [5.41, 5.74) is 0.816. The Labute approximate surface area is 99.2 Å². The Morgan fingerprint density at radius 1 is 1.33 bits per heavy atom. The van der Waals surface area contributed by atoms with Crippen molar-refractivity contribution in [3.63, 3.8) is 0 Å². The first-order valence-electron chi connectivity index (χ1n) is 4.16. The van der Waals surface area contributed by atoms with Gasteiger partial charge in [0.2, 0.25) is 0 Å². The highest BCUT2D eigenvalue weighted by molar-refractivity contribution is 14.1. The summed E-state index contributed by atoms with van der Waals surface area (Å²) in [5, 5.41) is 10.7. The smallest absolute Gasteiger partial charge is 0.283 e. The van der Waals surface area contributed by atoms with Gasteiger partial charge in [-0.1, -0.05) is 0 Å². The van der Waals surface area contributed by atoms with Crippen molar-refractivity contribution in [1.29, 1.82) is 0 Å². The Bertz CT molecular complexity index is 493. The number of nitrogens with zero attached hydrogens (tertiary/aromatic N) is 1. The van der Waals surface area contributed by atoms with Crippen LogP contribution in [0.5, 0.6) is 0 Å². The summed E-state index contributed by atoms with van der Waals surface area (Å²) in [6, 6.07) is 8.54. The van der Waals surface area contributed by atoms with Crippen LogP contribution in [0.1, 0.15) is 0 Å². The number of nitro groups is 1. The normalized spacial score (nSPS) is 10.2. The van der Waals surface area contributed by atoms with Crippen molar-refractivity contribution >= 4 is 28.3 Å². The van der Waals surface area contributed by atoms with Crippen molar-refractivity contribution in [2.75, 3.05) is 0 Å². The molecule has 5 heteroatoms. The lowest BCUT2D eigenvalue weighted by atomic mass is 10.1. The van der Waals surface area contributed by atoms with E-state index in [9.17, 15) is 10.1 Å². The van der Waals surface area contributed by atoms with E-state index in [0.717, 1.165) is 0 Å². The Hall–Kier alpha value is -1.37. The molecule has 1 aromatic heterocycles. The number of rotatable bonds is 2. The monoisotopic (exact) mass is 315 g/mol. The third-order valence-corrected chi connectivity index (χ3v) is 2.86. The van der Waals surface area contributed by atoms with Crippen LogP contribution in [0, 0.1) is 13.7 Å². The number of furan rings is 1. The zero-order chi connectivity index (χ0) is 10.8. The molecule has 1 heterocycles. The maximum atomic E-state index is 10.7. The Balaban J connectivity index is 2.52. The molecular formula is C10H6INO3. The van der Waals surface area contributed by atoms with Crippen molar-refractivity contribution in [1.82, 2.24) is 0 Å². The summed E-state index contributed by atoms with van der Waals surface area (Å²) in [4.78, 5) is 10.3. The fourth-order valence-electron chi connectivity index (χ4n) is 1.25. The van der Waals surface area contributed by atoms with Crippen LogP contribution in [0.3, 0.4) is 0 Å². The van der Waals surface area contributed by atoms with Crippen LogP contribution in [-0.4, -0.2) is 4.92 Å². The summed E-state index contributed by atoms with van der Waals surface area (Å²) in [6.45, 7) is 0. The van der Waals surface area contributed by atoms with E-state index in [2.05, 4.69) is 0 Å². The Kier molecular flexibility index (Phi) is 2.72. The highest BCUT2D eigenvalue weighted by Gasteiger charge is 2.13. The second kappa shape index (κ2) is 4.01. The Morgan fingerprint density at radius 3 is 2.73 bits per heavy atom. The molecule has 0 amide bonds. The summed E-state index contributed by atoms with van der Waals surface area (Å²) in [7, 11) is 0. The van der Waals surface area contributed by atoms with Crippen LogP contribution in [0.15, 0.2) is 41.0 Å². The lowest BCUT2D eigenvalue weighted by Gasteiger charge is -1.98. The maximum absolute atomic E-state index is 10.7. The number of halogens is 1. The maximum Gasteiger partial charge on any atom is 0.283 e. The molecule has 0 unspecified atom stereocenters. The van der Waals surface area contributed by atoms with Gasteiger partial charge in [0.05, 0.1) is 14.8 Å². The zero-order valence-electron chi connectivity index (χ0n) is 7.51. The highest BCUT2D eigenvalue weighted by Crippen LogP contribution is 2.28. The van der Waals surface area contributed by atoms with Crippen LogP contribution >= 0.6 is 22.6 Å². The third kappa shape index (κ3) is 2.01. The van der Waals surface area contributed by atoms with Gasteiger partial charge in [-0.3, -0.25) is 10.1 Å². The SMILES string of the molecule is O=[N+]([O-])c1cc(-c2ccco2)ccc1I. The largest absolute Gasteiger partial charge is 0.464 e. The molecule has 0 atom stereocenters. The van der Waals surface area contributed by atoms with E-state index in [0.29, 0.717) is 14.9 Å². The van der Waals surface area contributed by atoms with Crippen LogP contribution < -0.4 is 0 Å². The van der Waals surface area contributed by atoms with Gasteiger partial charge in [0.25, 0.3) is 5.69 Å². The topological polar surface area (TPSA) is 56.3 Å². The molecule has 0 N–H and O–H groups in total. The van der Waals surface area contributed by atoms with E-state index < -0.39 is 4.92 Å². The van der Waals surface area contributed by atoms with Crippen molar-refractivity contribution in [3.05, 3.63) is 50.3 Å². The minimum Gasteiger partial charge on any atom is -0.464 e. The van der Waals surface area contributed by atoms with Gasteiger partial charge >= 0.3 is 0 Å². The second-order valence-corrected chi connectivity index (χ2v) is 4.06. The van der Waals surface area contributed by atoms with Crippen LogP contribution in [0.4, 0.5) is 5.69 Å². The summed E-state index contributed by atoms with van der Waals surface area (Å²) >= 11 is 1.94. The van der Waals surface area contributed by atoms with E-state index >= 15 is 0 Å². The van der Waals surface area contributed by atoms with Crippen LogP contribution in [0.2, 0.25) is 0 Å². The third-order valence-electron chi connectivity index (χ3n) is 1.95. The minimum atomic E-state index is -0.395. The molecule has 2 rings (SSSR count). The van der Waals surface area contributed by atoms with Gasteiger partial charge in [-0.05, 0) is 46.9 Å². The predicted molar refractivity (Wildman–Crippen MR) is 63.5 cm³/mol. The molecule has 0 radical (unpaired) electrons. The van der Waals surface area contributed by atoms with Gasteiger partial charge in [0.1, 0.15) is 5.76 Å². The standard InChI is InChI=1S/C10H6INO3/c11-8-4-3-7(6-9(8)12(13)14)10-2-1-5-15-10/h1-6H. The summed E-state index contributed by atoms with van der Waals surface area (Å²) < 4.78 is 5.79. The molecule has 0 aliphatic carbocycles. The first-order valence-corrected chi connectivity index (χ1v) is 5.24. The van der Waals surface area contributed by atoms with Crippen LogP contribution in [0.25, 0.3) is 11.3 Å². The number of hydrogen-bond donors (Lipinski definition) is 0. The second-order valence-electron chi connectivity index (χ2n) is 2.90. The quantitative estimate of drug-likeness (QED) is 0.484. The fourth-order valence-corrected chi connectivity index (χ4v) is 1.78. The van der Waals surface area contributed by atoms with E-state index in [1.165, 1.54) is 6.07 Å². The summed E-state index contributed by atoms with van der Waals surface area (Å²) in [6.07, 6.45) is 1.54. The first kappa shape index (κ1) is 10.2. The molecule has 0 saturated heterocycles. The van der Waals surface area contributed by atoms with Crippen molar-refractivity contribution in [3.8, 4) is 11.3 Å². The van der Waals surface area contributed by atoms with Crippen LogP contribution in [-0.2, 0) is 0 Å². The van der Waals surface area contributed by atoms with Gasteiger partial charge in [0.15, 0.2) is 0 Å². The number of benzene rings is 1. The van der Waals surface area contributed by atoms with Gasteiger partial charge in [-0.15, -0.1) is 0 Å². The van der Waals surface area contributed by atoms with E-state index in [-0.39, 0.29) is 5.69 Å². The molecule has 4 nitrogen and oxygen atoms in total. The average molecular weight is 315 g/mol. The van der Waals surface area contributed by atoms with Gasteiger partial charge in [-0.25, -0.2) is 0 Å². The molecule has 0 fully saturated rings. The summed E-state index contributed by atoms with van der Waals surface area (Å²) in [5.74, 6) is 0.634. The van der Waals surface area contributed by atoms with Crippen molar-refractivity contribution in [2.45, 2.75) is 0 Å². The molecule has 0 aliphatic rings. The van der Waals surface area contributed by atoms with Gasteiger partial charge < -0.3 is 4.42 Å². The lowest BCUT2D eigenvalue weighted by molar-refractivity contribution is -0.385. The molecule has 1 aromatic carbocycles. The fraction of sp³-hybridized carbons (Fsp3) is 0. The van der Waals surface area contributed by atoms with E-state index in [1.807, 2.05) is 22.6 Å². The molecule has 0 spiro atoms. The molecule has 0 aliphatic heterocycles. The molecule has 76 valence electrons. The molecule has 0 saturated carbocycles. The predicted octanol–water partition coefficient (Wildman–Crippen LogP) is 3.46. The molecule has 15 heavy (non-hydrogen) atoms. The van der Waals surface area contributed by atoms with E-state index in [4.69, 9.17) is 4.42 Å². The van der Waals surface area contributed by atoms with Gasteiger partial charge in [0, 0.05) is 11.6 Å². The molecular weight excluding hydrogens is 309 g/mol.